The second-order valence-corrected chi connectivity index (χ2v) is 6.06. The summed E-state index contributed by atoms with van der Waals surface area (Å²) in [5.74, 6) is 1.48. The van der Waals surface area contributed by atoms with Crippen LogP contribution in [0.25, 0.3) is 0 Å². The third-order valence-corrected chi connectivity index (χ3v) is 4.28. The van der Waals surface area contributed by atoms with E-state index < -0.39 is 0 Å². The number of hydrogen-bond donors (Lipinski definition) is 0. The Balaban J connectivity index is 1.92. The smallest absolute Gasteiger partial charge is 0.260 e. The number of nitrogens with zero attached hydrogens (tertiary/aromatic N) is 4. The maximum absolute atomic E-state index is 12.3. The molecule has 6 nitrogen and oxygen atoms in total. The molecule has 3 rings (SSSR count). The molecule has 0 saturated heterocycles. The first kappa shape index (κ1) is 15.6. The molecule has 1 aromatic carbocycles. The largest absolute Gasteiger partial charge is 0.497 e. The van der Waals surface area contributed by atoms with Crippen LogP contribution in [-0.4, -0.2) is 47.9 Å². The van der Waals surface area contributed by atoms with E-state index in [4.69, 9.17) is 4.74 Å². The number of carbonyl (C=O) groups excluding carboxylic acids is 1. The number of ether oxygens (including phenoxy) is 1. The van der Waals surface area contributed by atoms with Gasteiger partial charge in [0.25, 0.3) is 5.91 Å². The van der Waals surface area contributed by atoms with Crippen LogP contribution in [0.4, 0.5) is 5.82 Å². The summed E-state index contributed by atoms with van der Waals surface area (Å²) in [4.78, 5) is 24.8. The summed E-state index contributed by atoms with van der Waals surface area (Å²) in [6, 6.07) is 7.90. The Kier molecular flexibility index (Phi) is 4.38. The van der Waals surface area contributed by atoms with Gasteiger partial charge in [-0.2, -0.15) is 0 Å². The first-order valence-electron chi connectivity index (χ1n) is 7.16. The van der Waals surface area contributed by atoms with Gasteiger partial charge in [-0.15, -0.1) is 0 Å². The van der Waals surface area contributed by atoms with E-state index in [0.29, 0.717) is 29.8 Å². The molecule has 1 amide bonds. The van der Waals surface area contributed by atoms with E-state index in [1.165, 1.54) is 11.8 Å². The number of methoxy groups -OCH3 is 1. The number of carbonyl (C=O) groups is 1. The molecular weight excluding hydrogens is 312 g/mol. The second kappa shape index (κ2) is 6.45. The van der Waals surface area contributed by atoms with Crippen LogP contribution in [0.3, 0.4) is 0 Å². The minimum Gasteiger partial charge on any atom is -0.497 e. The molecule has 0 atom stereocenters. The zero-order valence-corrected chi connectivity index (χ0v) is 14.1. The van der Waals surface area contributed by atoms with Gasteiger partial charge in [0.1, 0.15) is 17.1 Å². The van der Waals surface area contributed by atoms with Gasteiger partial charge in [-0.1, -0.05) is 23.9 Å². The third kappa shape index (κ3) is 3.10. The summed E-state index contributed by atoms with van der Waals surface area (Å²) in [6.45, 7) is 1.17. The van der Waals surface area contributed by atoms with Crippen molar-refractivity contribution in [1.29, 1.82) is 0 Å². The molecule has 2 aromatic rings. The zero-order chi connectivity index (χ0) is 16.4. The van der Waals surface area contributed by atoms with Gasteiger partial charge in [0, 0.05) is 19.8 Å². The lowest BCUT2D eigenvalue weighted by atomic mass is 10.1. The lowest BCUT2D eigenvalue weighted by molar-refractivity contribution is 0.0779. The van der Waals surface area contributed by atoms with Crippen molar-refractivity contribution in [2.24, 2.45) is 0 Å². The van der Waals surface area contributed by atoms with Gasteiger partial charge in [0.15, 0.2) is 5.16 Å². The van der Waals surface area contributed by atoms with E-state index in [1.54, 1.807) is 25.3 Å². The number of benzene rings is 1. The summed E-state index contributed by atoms with van der Waals surface area (Å²) in [6.07, 6.45) is 3.54. The Bertz CT molecular complexity index is 721. The van der Waals surface area contributed by atoms with E-state index in [-0.39, 0.29) is 5.91 Å². The number of hydrogen-bond acceptors (Lipinski definition) is 6. The van der Waals surface area contributed by atoms with Gasteiger partial charge in [-0.05, 0) is 24.0 Å². The summed E-state index contributed by atoms with van der Waals surface area (Å²) < 4.78 is 5.19. The van der Waals surface area contributed by atoms with E-state index in [0.717, 1.165) is 11.3 Å². The molecule has 0 spiro atoms. The van der Waals surface area contributed by atoms with Crippen molar-refractivity contribution in [2.45, 2.75) is 11.7 Å². The molecule has 2 heterocycles. The summed E-state index contributed by atoms with van der Waals surface area (Å²) >= 11 is 1.47. The van der Waals surface area contributed by atoms with Gasteiger partial charge in [-0.25, -0.2) is 9.97 Å². The number of rotatable bonds is 4. The Morgan fingerprint density at radius 2 is 2.04 bits per heavy atom. The van der Waals surface area contributed by atoms with Gasteiger partial charge in [0.2, 0.25) is 0 Å². The molecule has 0 radical (unpaired) electrons. The van der Waals surface area contributed by atoms with Crippen LogP contribution in [0, 0.1) is 0 Å². The number of aromatic nitrogens is 2. The number of thioether (sulfide) groups is 1. The van der Waals surface area contributed by atoms with Crippen LogP contribution < -0.4 is 9.64 Å². The number of anilines is 1. The van der Waals surface area contributed by atoms with Crippen molar-refractivity contribution < 1.29 is 9.53 Å². The first-order chi connectivity index (χ1) is 11.1. The molecule has 1 aliphatic heterocycles. The summed E-state index contributed by atoms with van der Waals surface area (Å²) in [5, 5.41) is 0.667. The highest BCUT2D eigenvalue weighted by Gasteiger charge is 2.29. The van der Waals surface area contributed by atoms with Crippen molar-refractivity contribution in [1.82, 2.24) is 14.9 Å². The standard InChI is InChI=1S/C16H18N4O2S/c1-19-10-20(9-11-4-6-12(22-2)7-5-11)14-13(15(19)21)8-17-16(18-14)23-3/h4-8H,9-10H2,1-3H3. The van der Waals surface area contributed by atoms with Crippen molar-refractivity contribution in [3.05, 3.63) is 41.6 Å². The number of amides is 1. The molecule has 1 aromatic heterocycles. The topological polar surface area (TPSA) is 58.6 Å². The van der Waals surface area contributed by atoms with Crippen LogP contribution >= 0.6 is 11.8 Å². The normalized spacial score (nSPS) is 14.0. The van der Waals surface area contributed by atoms with Gasteiger partial charge in [-0.3, -0.25) is 4.79 Å². The predicted molar refractivity (Wildman–Crippen MR) is 90.0 cm³/mol. The average Bonchev–Trinajstić information content (AvgIpc) is 2.59. The summed E-state index contributed by atoms with van der Waals surface area (Å²) in [7, 11) is 3.44. The molecule has 0 aliphatic carbocycles. The van der Waals surface area contributed by atoms with Crippen LogP contribution in [0.15, 0.2) is 35.6 Å². The fourth-order valence-corrected chi connectivity index (χ4v) is 2.85. The monoisotopic (exact) mass is 330 g/mol. The first-order valence-corrected chi connectivity index (χ1v) is 8.39. The van der Waals surface area contributed by atoms with E-state index >= 15 is 0 Å². The fourth-order valence-electron chi connectivity index (χ4n) is 2.52. The molecule has 0 bridgehead atoms. The lowest BCUT2D eigenvalue weighted by Crippen LogP contribution is -2.44. The van der Waals surface area contributed by atoms with Crippen LogP contribution in [0.2, 0.25) is 0 Å². The molecule has 7 heteroatoms. The van der Waals surface area contributed by atoms with Gasteiger partial charge < -0.3 is 14.5 Å². The minimum atomic E-state index is -0.0429. The van der Waals surface area contributed by atoms with Crippen molar-refractivity contribution in [3.63, 3.8) is 0 Å². The quantitative estimate of drug-likeness (QED) is 0.633. The van der Waals surface area contributed by atoms with E-state index in [9.17, 15) is 4.79 Å². The van der Waals surface area contributed by atoms with Crippen molar-refractivity contribution >= 4 is 23.5 Å². The maximum atomic E-state index is 12.3. The highest BCUT2D eigenvalue weighted by molar-refractivity contribution is 7.98. The molecule has 0 saturated carbocycles. The molecule has 0 fully saturated rings. The molecule has 0 N–H and O–H groups in total. The second-order valence-electron chi connectivity index (χ2n) is 5.28. The van der Waals surface area contributed by atoms with Gasteiger partial charge >= 0.3 is 0 Å². The lowest BCUT2D eigenvalue weighted by Gasteiger charge is -2.35. The highest BCUT2D eigenvalue weighted by Crippen LogP contribution is 2.27. The number of fused-ring (bicyclic) bond motifs is 1. The Morgan fingerprint density at radius 1 is 1.30 bits per heavy atom. The minimum absolute atomic E-state index is 0.0429. The zero-order valence-electron chi connectivity index (χ0n) is 13.3. The van der Waals surface area contributed by atoms with Gasteiger partial charge in [0.05, 0.1) is 13.8 Å². The Labute approximate surface area is 139 Å². The van der Waals surface area contributed by atoms with Crippen molar-refractivity contribution in [3.8, 4) is 5.75 Å². The van der Waals surface area contributed by atoms with Crippen LogP contribution in [0.1, 0.15) is 15.9 Å². The molecule has 120 valence electrons. The van der Waals surface area contributed by atoms with Crippen LogP contribution in [0.5, 0.6) is 5.75 Å². The predicted octanol–water partition coefficient (Wildman–Crippen LogP) is 2.26. The van der Waals surface area contributed by atoms with Crippen LogP contribution in [-0.2, 0) is 6.54 Å². The van der Waals surface area contributed by atoms with E-state index in [1.807, 2.05) is 30.5 Å². The molecule has 1 aliphatic rings. The third-order valence-electron chi connectivity index (χ3n) is 3.72. The molecule has 0 unspecified atom stereocenters. The molecular formula is C16H18N4O2S. The fraction of sp³-hybridized carbons (Fsp3) is 0.312. The average molecular weight is 330 g/mol. The highest BCUT2D eigenvalue weighted by atomic mass is 32.2. The SMILES string of the molecule is COc1ccc(CN2CN(C)C(=O)c3cnc(SC)nc32)cc1. The Morgan fingerprint density at radius 3 is 2.70 bits per heavy atom. The molecule has 23 heavy (non-hydrogen) atoms. The van der Waals surface area contributed by atoms with E-state index in [2.05, 4.69) is 14.9 Å². The summed E-state index contributed by atoms with van der Waals surface area (Å²) in [5.41, 5.74) is 1.67. The Hall–Kier alpha value is -2.28. The maximum Gasteiger partial charge on any atom is 0.260 e. The van der Waals surface area contributed by atoms with Crippen molar-refractivity contribution in [2.75, 3.05) is 32.0 Å².